The molecule has 1 aliphatic rings. The van der Waals surface area contributed by atoms with Crippen LogP contribution in [0.3, 0.4) is 0 Å². The second-order valence-electron chi connectivity index (χ2n) is 8.71. The Labute approximate surface area is 193 Å². The molecule has 3 heterocycles. The van der Waals surface area contributed by atoms with Gasteiger partial charge in [-0.3, -0.25) is 0 Å². The van der Waals surface area contributed by atoms with E-state index >= 15 is 0 Å². The highest BCUT2D eigenvalue weighted by atomic mass is 16.3. The third kappa shape index (κ3) is 5.06. The molecule has 2 aromatic heterocycles. The average Bonchev–Trinajstić information content (AvgIpc) is 3.61. The molecule has 33 heavy (non-hydrogen) atoms. The minimum atomic E-state index is -0.368. The first-order valence-electron chi connectivity index (χ1n) is 11.6. The molecule has 1 saturated heterocycles. The Hall–Kier alpha value is -3.26. The molecule has 7 nitrogen and oxygen atoms in total. The number of hydrogen-bond acceptors (Lipinski definition) is 5. The van der Waals surface area contributed by atoms with Crippen LogP contribution in [0.1, 0.15) is 37.5 Å². The van der Waals surface area contributed by atoms with Crippen molar-refractivity contribution in [2.24, 2.45) is 0 Å². The molecule has 0 saturated carbocycles. The molecule has 5 N–H and O–H groups in total. The summed E-state index contributed by atoms with van der Waals surface area (Å²) < 4.78 is 0. The van der Waals surface area contributed by atoms with Crippen LogP contribution in [-0.4, -0.2) is 44.2 Å². The quantitative estimate of drug-likeness (QED) is 0.284. The average molecular weight is 443 g/mol. The number of aromatic amines is 2. The molecule has 4 aromatic rings. The zero-order valence-corrected chi connectivity index (χ0v) is 18.8. The van der Waals surface area contributed by atoms with E-state index in [1.807, 2.05) is 12.4 Å². The van der Waals surface area contributed by atoms with Gasteiger partial charge in [0.2, 0.25) is 0 Å². The minimum Gasteiger partial charge on any atom is -0.392 e. The smallest absolute Gasteiger partial charge is 0.123 e. The van der Waals surface area contributed by atoms with Gasteiger partial charge in [0.25, 0.3) is 0 Å². The van der Waals surface area contributed by atoms with Crippen molar-refractivity contribution in [3.63, 3.8) is 0 Å². The van der Waals surface area contributed by atoms with Gasteiger partial charge in [-0.2, -0.15) is 0 Å². The van der Waals surface area contributed by atoms with Gasteiger partial charge in [0.1, 0.15) is 11.6 Å². The molecule has 2 aromatic carbocycles. The first-order chi connectivity index (χ1) is 16.2. The molecule has 5 rings (SSSR count). The van der Waals surface area contributed by atoms with Crippen molar-refractivity contribution in [3.05, 3.63) is 72.6 Å². The van der Waals surface area contributed by atoms with E-state index in [-0.39, 0.29) is 6.10 Å². The molecule has 0 radical (unpaired) electrons. The summed E-state index contributed by atoms with van der Waals surface area (Å²) in [4.78, 5) is 15.8. The van der Waals surface area contributed by atoms with Gasteiger partial charge in [0.15, 0.2) is 0 Å². The number of H-pyrrole nitrogens is 2. The number of rotatable bonds is 8. The molecule has 2 atom stereocenters. The van der Waals surface area contributed by atoms with E-state index in [1.165, 1.54) is 17.5 Å². The molecule has 2 unspecified atom stereocenters. The van der Waals surface area contributed by atoms with Crippen LogP contribution >= 0.6 is 0 Å². The van der Waals surface area contributed by atoms with Crippen LogP contribution in [0, 0.1) is 0 Å². The standard InChI is InChI=1S/C26H30N6O/c1-17(33)13-27-16-25-29-14-23(31-25)20-8-4-18(5-9-20)19-6-10-21(11-7-19)24-15-30-26(32-24)22-3-2-12-28-22/h4-11,14-15,17,22,27-28,33H,2-3,12-13,16H2,1H3,(H,29,31)(H,30,32). The van der Waals surface area contributed by atoms with E-state index in [0.29, 0.717) is 19.1 Å². The molecule has 7 heteroatoms. The first kappa shape index (κ1) is 21.6. The molecule has 0 bridgehead atoms. The zero-order valence-electron chi connectivity index (χ0n) is 18.8. The number of aromatic nitrogens is 4. The Morgan fingerprint density at radius 3 is 2.12 bits per heavy atom. The van der Waals surface area contributed by atoms with Crippen molar-refractivity contribution >= 4 is 0 Å². The molecule has 170 valence electrons. The van der Waals surface area contributed by atoms with Crippen molar-refractivity contribution < 1.29 is 5.11 Å². The topological polar surface area (TPSA) is 102 Å². The highest BCUT2D eigenvalue weighted by Crippen LogP contribution is 2.28. The summed E-state index contributed by atoms with van der Waals surface area (Å²) in [5.74, 6) is 1.89. The van der Waals surface area contributed by atoms with Gasteiger partial charge in [-0.25, -0.2) is 9.97 Å². The Balaban J connectivity index is 1.24. The van der Waals surface area contributed by atoms with Crippen LogP contribution in [0.2, 0.25) is 0 Å². The fourth-order valence-corrected chi connectivity index (χ4v) is 4.26. The maximum Gasteiger partial charge on any atom is 0.123 e. The summed E-state index contributed by atoms with van der Waals surface area (Å²) in [6.07, 6.45) is 5.76. The summed E-state index contributed by atoms with van der Waals surface area (Å²) in [7, 11) is 0. The molecule has 1 fully saturated rings. The molecule has 0 amide bonds. The van der Waals surface area contributed by atoms with Crippen LogP contribution in [0.15, 0.2) is 60.9 Å². The lowest BCUT2D eigenvalue weighted by Gasteiger charge is -2.07. The van der Waals surface area contributed by atoms with Crippen LogP contribution in [-0.2, 0) is 6.54 Å². The third-order valence-corrected chi connectivity index (χ3v) is 6.07. The van der Waals surface area contributed by atoms with E-state index < -0.39 is 0 Å². The van der Waals surface area contributed by atoms with Gasteiger partial charge in [-0.15, -0.1) is 0 Å². The third-order valence-electron chi connectivity index (χ3n) is 6.07. The van der Waals surface area contributed by atoms with Gasteiger partial charge >= 0.3 is 0 Å². The fraction of sp³-hybridized carbons (Fsp3) is 0.308. The zero-order chi connectivity index (χ0) is 22.6. The second-order valence-corrected chi connectivity index (χ2v) is 8.71. The van der Waals surface area contributed by atoms with Crippen molar-refractivity contribution in [1.29, 1.82) is 0 Å². The summed E-state index contributed by atoms with van der Waals surface area (Å²) in [6, 6.07) is 17.4. The summed E-state index contributed by atoms with van der Waals surface area (Å²) in [6.45, 7) is 3.97. The lowest BCUT2D eigenvalue weighted by atomic mass is 10.0. The highest BCUT2D eigenvalue weighted by molar-refractivity contribution is 5.71. The number of nitrogens with one attached hydrogen (secondary N) is 4. The lowest BCUT2D eigenvalue weighted by molar-refractivity contribution is 0.190. The summed E-state index contributed by atoms with van der Waals surface area (Å²) in [5.41, 5.74) is 6.62. The lowest BCUT2D eigenvalue weighted by Crippen LogP contribution is -2.24. The number of aliphatic hydroxyl groups excluding tert-OH is 1. The van der Waals surface area contributed by atoms with Crippen LogP contribution < -0.4 is 10.6 Å². The number of aliphatic hydroxyl groups is 1. The van der Waals surface area contributed by atoms with E-state index in [9.17, 15) is 5.11 Å². The van der Waals surface area contributed by atoms with E-state index in [1.54, 1.807) is 6.92 Å². The SMILES string of the molecule is CC(O)CNCc1ncc(-c2ccc(-c3ccc(-c4cnc(C5CCCN5)[nH]4)cc3)cc2)[nH]1. The van der Waals surface area contributed by atoms with Crippen LogP contribution in [0.25, 0.3) is 33.6 Å². The number of benzene rings is 2. The number of nitrogens with zero attached hydrogens (tertiary/aromatic N) is 2. The molecular weight excluding hydrogens is 412 g/mol. The number of hydrogen-bond donors (Lipinski definition) is 5. The van der Waals surface area contributed by atoms with E-state index in [0.717, 1.165) is 47.1 Å². The molecule has 0 spiro atoms. The van der Waals surface area contributed by atoms with Crippen molar-refractivity contribution in [1.82, 2.24) is 30.6 Å². The second kappa shape index (κ2) is 9.70. The Bertz CT molecular complexity index is 1170. The number of imidazole rings is 2. The molecular formula is C26H30N6O. The van der Waals surface area contributed by atoms with Crippen molar-refractivity contribution in [3.8, 4) is 33.6 Å². The minimum absolute atomic E-state index is 0.350. The van der Waals surface area contributed by atoms with Gasteiger partial charge in [0, 0.05) is 6.54 Å². The first-order valence-corrected chi connectivity index (χ1v) is 11.6. The summed E-state index contributed by atoms with van der Waals surface area (Å²) >= 11 is 0. The van der Waals surface area contributed by atoms with E-state index in [2.05, 4.69) is 79.1 Å². The predicted octanol–water partition coefficient (Wildman–Crippen LogP) is 4.03. The van der Waals surface area contributed by atoms with Gasteiger partial charge in [-0.1, -0.05) is 48.5 Å². The Morgan fingerprint density at radius 2 is 1.52 bits per heavy atom. The Kier molecular flexibility index (Phi) is 6.35. The van der Waals surface area contributed by atoms with Crippen molar-refractivity contribution in [2.75, 3.05) is 13.1 Å². The molecule has 0 aliphatic carbocycles. The van der Waals surface area contributed by atoms with Gasteiger partial charge in [-0.05, 0) is 48.6 Å². The normalized spacial score (nSPS) is 16.8. The monoisotopic (exact) mass is 442 g/mol. The van der Waals surface area contributed by atoms with E-state index in [4.69, 9.17) is 0 Å². The maximum atomic E-state index is 9.35. The summed E-state index contributed by atoms with van der Waals surface area (Å²) in [5, 5.41) is 16.0. The van der Waals surface area contributed by atoms with Gasteiger partial charge in [0.05, 0.1) is 42.5 Å². The largest absolute Gasteiger partial charge is 0.392 e. The van der Waals surface area contributed by atoms with Crippen LogP contribution in [0.5, 0.6) is 0 Å². The Morgan fingerprint density at radius 1 is 0.909 bits per heavy atom. The van der Waals surface area contributed by atoms with Crippen molar-refractivity contribution in [2.45, 2.75) is 38.5 Å². The van der Waals surface area contributed by atoms with Crippen LogP contribution in [0.4, 0.5) is 0 Å². The maximum absolute atomic E-state index is 9.35. The fourth-order valence-electron chi connectivity index (χ4n) is 4.26. The van der Waals surface area contributed by atoms with Gasteiger partial charge < -0.3 is 25.7 Å². The highest BCUT2D eigenvalue weighted by Gasteiger charge is 2.19. The molecule has 1 aliphatic heterocycles. The predicted molar refractivity (Wildman–Crippen MR) is 130 cm³/mol.